The average molecular weight is 348 g/mol. The van der Waals surface area contributed by atoms with Crippen LogP contribution in [0.2, 0.25) is 0 Å². The first-order chi connectivity index (χ1) is 9.33. The molecule has 0 heterocycles. The molecule has 0 spiro atoms. The predicted octanol–water partition coefficient (Wildman–Crippen LogP) is 1.83. The van der Waals surface area contributed by atoms with Crippen molar-refractivity contribution in [3.63, 3.8) is 0 Å². The zero-order valence-electron chi connectivity index (χ0n) is 11.8. The quantitative estimate of drug-likeness (QED) is 0.490. The van der Waals surface area contributed by atoms with Crippen molar-refractivity contribution in [2.45, 2.75) is 0 Å². The summed E-state index contributed by atoms with van der Waals surface area (Å²) in [6.45, 7) is 4.09. The molecule has 0 saturated heterocycles. The van der Waals surface area contributed by atoms with Crippen LogP contribution in [-0.2, 0) is 0 Å². The Morgan fingerprint density at radius 1 is 0.524 bits per heavy atom. The van der Waals surface area contributed by atoms with Crippen molar-refractivity contribution in [3.8, 4) is 22.3 Å². The first kappa shape index (κ1) is 17.8. The molecule has 3 aromatic rings. The maximum Gasteiger partial charge on any atom is 2.00 e. The average Bonchev–Trinajstić information content (AvgIpc) is 2.48. The van der Waals surface area contributed by atoms with E-state index in [1.807, 2.05) is 12.1 Å². The summed E-state index contributed by atoms with van der Waals surface area (Å²) in [5, 5.41) is 0. The van der Waals surface area contributed by atoms with Gasteiger partial charge < -0.3 is 17.0 Å². The van der Waals surface area contributed by atoms with Crippen molar-refractivity contribution in [1.29, 1.82) is 0 Å². The van der Waals surface area contributed by atoms with Crippen LogP contribution in [0.4, 0.5) is 0 Å². The molecule has 0 aromatic heterocycles. The van der Waals surface area contributed by atoms with Crippen LogP contribution >= 0.6 is 0 Å². The molecule has 0 nitrogen and oxygen atoms in total. The summed E-state index contributed by atoms with van der Waals surface area (Å²) >= 11 is 0. The SMILES string of the molecule is [Br-].[CH2-]c1cc(-c2ccccc2)cc(-c2ccccc2)c1.[Mg+2]. The first-order valence-corrected chi connectivity index (χ1v) is 6.41. The third-order valence-electron chi connectivity index (χ3n) is 3.21. The van der Waals surface area contributed by atoms with Gasteiger partial charge in [-0.25, -0.2) is 0 Å². The molecular formula is C19H15BrMg. The molecule has 3 aromatic carbocycles. The smallest absolute Gasteiger partial charge is 1.00 e. The second-order valence-corrected chi connectivity index (χ2v) is 4.65. The Balaban J connectivity index is 0.00000110. The summed E-state index contributed by atoms with van der Waals surface area (Å²) in [5.74, 6) is 0. The van der Waals surface area contributed by atoms with Gasteiger partial charge in [0.2, 0.25) is 0 Å². The Bertz CT molecular complexity index is 621. The minimum absolute atomic E-state index is 0. The monoisotopic (exact) mass is 346 g/mol. The molecule has 0 amide bonds. The molecule has 0 atom stereocenters. The van der Waals surface area contributed by atoms with Crippen molar-refractivity contribution < 1.29 is 17.0 Å². The number of benzene rings is 3. The molecule has 2 heteroatoms. The third-order valence-corrected chi connectivity index (χ3v) is 3.21. The fourth-order valence-corrected chi connectivity index (χ4v) is 2.29. The summed E-state index contributed by atoms with van der Waals surface area (Å²) < 4.78 is 0. The molecule has 0 aliphatic rings. The van der Waals surface area contributed by atoms with E-state index in [0.29, 0.717) is 0 Å². The first-order valence-electron chi connectivity index (χ1n) is 6.41. The molecule has 21 heavy (non-hydrogen) atoms. The van der Waals surface area contributed by atoms with E-state index in [9.17, 15) is 0 Å². The summed E-state index contributed by atoms with van der Waals surface area (Å²) in [4.78, 5) is 0. The van der Waals surface area contributed by atoms with E-state index in [-0.39, 0.29) is 40.0 Å². The molecule has 0 bridgehead atoms. The van der Waals surface area contributed by atoms with Crippen molar-refractivity contribution in [3.05, 3.63) is 91.3 Å². The van der Waals surface area contributed by atoms with Crippen LogP contribution in [0.1, 0.15) is 5.56 Å². The van der Waals surface area contributed by atoms with Gasteiger partial charge in [0.15, 0.2) is 0 Å². The van der Waals surface area contributed by atoms with E-state index < -0.39 is 0 Å². The van der Waals surface area contributed by atoms with Gasteiger partial charge in [-0.1, -0.05) is 77.9 Å². The summed E-state index contributed by atoms with van der Waals surface area (Å²) in [5.41, 5.74) is 5.93. The summed E-state index contributed by atoms with van der Waals surface area (Å²) in [6, 6.07) is 27.3. The fourth-order valence-electron chi connectivity index (χ4n) is 2.29. The predicted molar refractivity (Wildman–Crippen MR) is 87.5 cm³/mol. The second kappa shape index (κ2) is 8.28. The Morgan fingerprint density at radius 3 is 1.29 bits per heavy atom. The summed E-state index contributed by atoms with van der Waals surface area (Å²) in [7, 11) is 0. The van der Waals surface area contributed by atoms with Gasteiger partial charge in [-0.2, -0.15) is 24.6 Å². The Kier molecular flexibility index (Phi) is 7.02. The largest absolute Gasteiger partial charge is 2.00 e. The Labute approximate surface area is 153 Å². The zero-order chi connectivity index (χ0) is 13.1. The van der Waals surface area contributed by atoms with Crippen molar-refractivity contribution in [2.75, 3.05) is 0 Å². The minimum atomic E-state index is 0. The molecule has 0 saturated carbocycles. The minimum Gasteiger partial charge on any atom is -1.00 e. The van der Waals surface area contributed by atoms with E-state index >= 15 is 0 Å². The van der Waals surface area contributed by atoms with Crippen LogP contribution in [0.5, 0.6) is 0 Å². The van der Waals surface area contributed by atoms with Crippen LogP contribution in [0.15, 0.2) is 78.9 Å². The van der Waals surface area contributed by atoms with Gasteiger partial charge in [0.25, 0.3) is 0 Å². The molecule has 0 radical (unpaired) electrons. The van der Waals surface area contributed by atoms with Crippen molar-refractivity contribution in [1.82, 2.24) is 0 Å². The van der Waals surface area contributed by atoms with Gasteiger partial charge in [0.05, 0.1) is 0 Å². The fraction of sp³-hybridized carbons (Fsp3) is 0. The van der Waals surface area contributed by atoms with Gasteiger partial charge in [-0.15, -0.1) is 0 Å². The number of halogens is 1. The zero-order valence-corrected chi connectivity index (χ0v) is 14.8. The molecule has 0 aliphatic carbocycles. The molecule has 0 fully saturated rings. The molecule has 0 unspecified atom stereocenters. The second-order valence-electron chi connectivity index (χ2n) is 4.65. The van der Waals surface area contributed by atoms with Crippen LogP contribution in [-0.4, -0.2) is 23.1 Å². The van der Waals surface area contributed by atoms with Crippen molar-refractivity contribution >= 4 is 23.1 Å². The number of rotatable bonds is 2. The van der Waals surface area contributed by atoms with Crippen molar-refractivity contribution in [2.24, 2.45) is 0 Å². The molecule has 0 aliphatic heterocycles. The third kappa shape index (κ3) is 4.37. The van der Waals surface area contributed by atoms with Gasteiger partial charge in [0.1, 0.15) is 0 Å². The molecule has 3 rings (SSSR count). The van der Waals surface area contributed by atoms with Gasteiger partial charge in [-0.3, -0.25) is 0 Å². The van der Waals surface area contributed by atoms with Crippen LogP contribution < -0.4 is 17.0 Å². The summed E-state index contributed by atoms with van der Waals surface area (Å²) in [6.07, 6.45) is 0. The normalized spacial score (nSPS) is 9.33. The van der Waals surface area contributed by atoms with E-state index in [0.717, 1.165) is 5.56 Å². The van der Waals surface area contributed by atoms with E-state index in [1.165, 1.54) is 22.3 Å². The Morgan fingerprint density at radius 2 is 0.905 bits per heavy atom. The maximum atomic E-state index is 4.09. The van der Waals surface area contributed by atoms with Gasteiger partial charge in [0, 0.05) is 0 Å². The molecule has 0 N–H and O–H groups in total. The number of hydrogen-bond donors (Lipinski definition) is 0. The topological polar surface area (TPSA) is 0 Å². The number of hydrogen-bond acceptors (Lipinski definition) is 0. The maximum absolute atomic E-state index is 4.09. The van der Waals surface area contributed by atoms with Crippen LogP contribution in [0, 0.1) is 6.92 Å². The Hall–Kier alpha value is -1.22. The van der Waals surface area contributed by atoms with Crippen LogP contribution in [0.3, 0.4) is 0 Å². The molecular weight excluding hydrogens is 332 g/mol. The van der Waals surface area contributed by atoms with Gasteiger partial charge in [-0.05, 0) is 11.1 Å². The standard InChI is InChI=1S/C19H15.BrH.Mg/c1-15-12-18(16-8-4-2-5-9-16)14-19(13-15)17-10-6-3-7-11-17;;/h2-14H,1H2;1H;/q-1;;+2/p-1. The van der Waals surface area contributed by atoms with E-state index in [1.54, 1.807) is 0 Å². The van der Waals surface area contributed by atoms with Gasteiger partial charge >= 0.3 is 23.1 Å². The van der Waals surface area contributed by atoms with E-state index in [4.69, 9.17) is 0 Å². The molecule has 100 valence electrons. The van der Waals surface area contributed by atoms with E-state index in [2.05, 4.69) is 73.7 Å². The van der Waals surface area contributed by atoms with Crippen LogP contribution in [0.25, 0.3) is 22.3 Å².